The number of rotatable bonds is 3. The zero-order valence-corrected chi connectivity index (χ0v) is 12.3. The summed E-state index contributed by atoms with van der Waals surface area (Å²) in [6.45, 7) is 4.40. The van der Waals surface area contributed by atoms with Gasteiger partial charge in [-0.05, 0) is 42.7 Å². The van der Waals surface area contributed by atoms with Gasteiger partial charge in [0.05, 0.1) is 15.7 Å². The maximum Gasteiger partial charge on any atom is 0.121 e. The normalized spacial score (nSPS) is 10.5. The van der Waals surface area contributed by atoms with Crippen LogP contribution in [-0.2, 0) is 6.54 Å². The Morgan fingerprint density at radius 2 is 1.74 bits per heavy atom. The van der Waals surface area contributed by atoms with Gasteiger partial charge in [0.25, 0.3) is 0 Å². The van der Waals surface area contributed by atoms with Crippen molar-refractivity contribution in [3.05, 3.63) is 57.1 Å². The highest BCUT2D eigenvalue weighted by molar-refractivity contribution is 6.43. The fraction of sp³-hybridized carbons (Fsp3) is 0.200. The molecule has 0 saturated carbocycles. The van der Waals surface area contributed by atoms with Crippen LogP contribution in [-0.4, -0.2) is 5.11 Å². The van der Waals surface area contributed by atoms with Gasteiger partial charge in [-0.15, -0.1) is 0 Å². The molecule has 2 rings (SSSR count). The minimum Gasteiger partial charge on any atom is -0.507 e. The van der Waals surface area contributed by atoms with Crippen LogP contribution in [0.4, 0.5) is 5.69 Å². The minimum atomic E-state index is 0.351. The van der Waals surface area contributed by atoms with Gasteiger partial charge in [-0.3, -0.25) is 0 Å². The molecule has 2 N–H and O–H groups in total. The number of benzene rings is 2. The summed E-state index contributed by atoms with van der Waals surface area (Å²) >= 11 is 12.1. The molecule has 0 fully saturated rings. The molecule has 0 saturated heterocycles. The van der Waals surface area contributed by atoms with Gasteiger partial charge in [0.15, 0.2) is 0 Å². The molecule has 0 unspecified atom stereocenters. The van der Waals surface area contributed by atoms with Crippen molar-refractivity contribution >= 4 is 28.9 Å². The monoisotopic (exact) mass is 295 g/mol. The Morgan fingerprint density at radius 1 is 1.11 bits per heavy atom. The number of halogens is 2. The van der Waals surface area contributed by atoms with Gasteiger partial charge in [-0.2, -0.15) is 0 Å². The molecule has 4 heteroatoms. The number of phenols is 1. The highest BCUT2D eigenvalue weighted by atomic mass is 35.5. The average Bonchev–Trinajstić information content (AvgIpc) is 2.37. The van der Waals surface area contributed by atoms with Crippen molar-refractivity contribution in [1.82, 2.24) is 0 Å². The Morgan fingerprint density at radius 3 is 2.37 bits per heavy atom. The topological polar surface area (TPSA) is 32.3 Å². The molecule has 0 bridgehead atoms. The summed E-state index contributed by atoms with van der Waals surface area (Å²) in [6.07, 6.45) is 0. The second kappa shape index (κ2) is 5.72. The lowest BCUT2D eigenvalue weighted by Crippen LogP contribution is -2.01. The van der Waals surface area contributed by atoms with Crippen LogP contribution in [0.15, 0.2) is 30.3 Å². The third-order valence-electron chi connectivity index (χ3n) is 2.99. The summed E-state index contributed by atoms with van der Waals surface area (Å²) in [5, 5.41) is 14.0. The molecular weight excluding hydrogens is 281 g/mol. The number of aryl methyl sites for hydroxylation is 2. The van der Waals surface area contributed by atoms with Gasteiger partial charge in [-0.1, -0.05) is 41.4 Å². The van der Waals surface area contributed by atoms with Gasteiger partial charge >= 0.3 is 0 Å². The zero-order valence-electron chi connectivity index (χ0n) is 10.8. The van der Waals surface area contributed by atoms with E-state index >= 15 is 0 Å². The first-order valence-corrected chi connectivity index (χ1v) is 6.71. The largest absolute Gasteiger partial charge is 0.507 e. The molecule has 0 aliphatic carbocycles. The highest BCUT2D eigenvalue weighted by Gasteiger charge is 2.06. The number of phenolic OH excluding ortho intramolecular Hbond substituents is 1. The number of nitrogens with one attached hydrogen (secondary N) is 1. The van der Waals surface area contributed by atoms with Gasteiger partial charge in [0, 0.05) is 6.54 Å². The number of hydrogen-bond acceptors (Lipinski definition) is 2. The fourth-order valence-electron chi connectivity index (χ4n) is 1.99. The van der Waals surface area contributed by atoms with Crippen LogP contribution >= 0.6 is 23.2 Å². The predicted molar refractivity (Wildman–Crippen MR) is 81.4 cm³/mol. The lowest BCUT2D eigenvalue weighted by Gasteiger charge is -2.11. The van der Waals surface area contributed by atoms with Crippen LogP contribution in [0.5, 0.6) is 5.75 Å². The van der Waals surface area contributed by atoms with Crippen LogP contribution in [0.2, 0.25) is 10.0 Å². The zero-order chi connectivity index (χ0) is 14.0. The van der Waals surface area contributed by atoms with Crippen molar-refractivity contribution in [3.63, 3.8) is 0 Å². The molecule has 19 heavy (non-hydrogen) atoms. The Balaban J connectivity index is 2.17. The standard InChI is InChI=1S/C15H15Cl2NO/c1-9-6-11(7-10(2)15(9)19)8-18-13-5-3-4-12(16)14(13)17/h3-7,18-19H,8H2,1-2H3. The van der Waals surface area contributed by atoms with E-state index in [1.165, 1.54) is 0 Å². The van der Waals surface area contributed by atoms with Crippen LogP contribution < -0.4 is 5.32 Å². The molecule has 0 aliphatic rings. The summed E-state index contributed by atoms with van der Waals surface area (Å²) in [5.74, 6) is 0.351. The molecular formula is C15H15Cl2NO. The van der Waals surface area contributed by atoms with Crippen molar-refractivity contribution in [2.24, 2.45) is 0 Å². The van der Waals surface area contributed by atoms with E-state index in [0.29, 0.717) is 22.3 Å². The van der Waals surface area contributed by atoms with Gasteiger partial charge in [-0.25, -0.2) is 0 Å². The van der Waals surface area contributed by atoms with E-state index in [9.17, 15) is 5.11 Å². The summed E-state index contributed by atoms with van der Waals surface area (Å²) in [7, 11) is 0. The van der Waals surface area contributed by atoms with E-state index in [1.807, 2.05) is 38.1 Å². The number of hydrogen-bond donors (Lipinski definition) is 2. The Bertz CT molecular complexity index is 588. The first-order valence-electron chi connectivity index (χ1n) is 5.96. The molecule has 0 amide bonds. The first kappa shape index (κ1) is 14.0. The third-order valence-corrected chi connectivity index (χ3v) is 3.80. The Labute approximate surface area is 123 Å². The lowest BCUT2D eigenvalue weighted by atomic mass is 10.1. The number of anilines is 1. The van der Waals surface area contributed by atoms with Crippen molar-refractivity contribution < 1.29 is 5.11 Å². The molecule has 0 radical (unpaired) electrons. The number of aromatic hydroxyl groups is 1. The molecule has 0 aliphatic heterocycles. The minimum absolute atomic E-state index is 0.351. The van der Waals surface area contributed by atoms with Crippen molar-refractivity contribution in [2.45, 2.75) is 20.4 Å². The van der Waals surface area contributed by atoms with Crippen molar-refractivity contribution in [2.75, 3.05) is 5.32 Å². The Hall–Kier alpha value is -1.38. The summed E-state index contributed by atoms with van der Waals surface area (Å²) < 4.78 is 0. The molecule has 0 heterocycles. The Kier molecular flexibility index (Phi) is 4.23. The highest BCUT2D eigenvalue weighted by Crippen LogP contribution is 2.30. The molecule has 2 aromatic carbocycles. The smallest absolute Gasteiger partial charge is 0.121 e. The van der Waals surface area contributed by atoms with E-state index in [1.54, 1.807) is 6.07 Å². The van der Waals surface area contributed by atoms with E-state index in [0.717, 1.165) is 22.4 Å². The van der Waals surface area contributed by atoms with Crippen LogP contribution in [0.3, 0.4) is 0 Å². The first-order chi connectivity index (χ1) is 8.99. The predicted octanol–water partition coefficient (Wildman–Crippen LogP) is 4.93. The molecule has 0 spiro atoms. The van der Waals surface area contributed by atoms with Gasteiger partial charge in [0.1, 0.15) is 5.75 Å². The van der Waals surface area contributed by atoms with E-state index in [4.69, 9.17) is 23.2 Å². The van der Waals surface area contributed by atoms with E-state index < -0.39 is 0 Å². The summed E-state index contributed by atoms with van der Waals surface area (Å²) in [4.78, 5) is 0. The summed E-state index contributed by atoms with van der Waals surface area (Å²) in [5.41, 5.74) is 3.63. The SMILES string of the molecule is Cc1cc(CNc2cccc(Cl)c2Cl)cc(C)c1O. The molecule has 0 atom stereocenters. The maximum absolute atomic E-state index is 9.74. The van der Waals surface area contributed by atoms with E-state index in [-0.39, 0.29) is 0 Å². The average molecular weight is 296 g/mol. The third kappa shape index (κ3) is 3.14. The van der Waals surface area contributed by atoms with Crippen LogP contribution in [0, 0.1) is 13.8 Å². The molecule has 2 nitrogen and oxygen atoms in total. The van der Waals surface area contributed by atoms with Crippen LogP contribution in [0.1, 0.15) is 16.7 Å². The van der Waals surface area contributed by atoms with E-state index in [2.05, 4.69) is 5.32 Å². The lowest BCUT2D eigenvalue weighted by molar-refractivity contribution is 0.466. The van der Waals surface area contributed by atoms with Gasteiger partial charge in [0.2, 0.25) is 0 Å². The van der Waals surface area contributed by atoms with Crippen molar-refractivity contribution in [3.8, 4) is 5.75 Å². The second-order valence-corrected chi connectivity index (χ2v) is 5.32. The van der Waals surface area contributed by atoms with Gasteiger partial charge < -0.3 is 10.4 Å². The molecule has 100 valence electrons. The van der Waals surface area contributed by atoms with Crippen LogP contribution in [0.25, 0.3) is 0 Å². The molecule has 0 aromatic heterocycles. The summed E-state index contributed by atoms with van der Waals surface area (Å²) in [6, 6.07) is 9.39. The van der Waals surface area contributed by atoms with Crippen molar-refractivity contribution in [1.29, 1.82) is 0 Å². The quantitative estimate of drug-likeness (QED) is 0.842. The second-order valence-electron chi connectivity index (χ2n) is 4.53. The maximum atomic E-state index is 9.74. The molecule has 2 aromatic rings. The fourth-order valence-corrected chi connectivity index (χ4v) is 2.35.